The van der Waals surface area contributed by atoms with E-state index in [9.17, 15) is 4.79 Å². The van der Waals surface area contributed by atoms with Crippen LogP contribution in [0.15, 0.2) is 69.5 Å². The number of hydrogen-bond donors (Lipinski definition) is 0. The van der Waals surface area contributed by atoms with Crippen LogP contribution in [0.2, 0.25) is 0 Å². The van der Waals surface area contributed by atoms with E-state index in [4.69, 9.17) is 12.2 Å². The molecule has 1 aromatic rings. The number of aryl methyl sites for hydroxylation is 1. The molecule has 1 aromatic carbocycles. The summed E-state index contributed by atoms with van der Waals surface area (Å²) < 4.78 is 0.600. The number of nitrogens with zero attached hydrogens (tertiary/aromatic N) is 2. The zero-order valence-electron chi connectivity index (χ0n) is 14.9. The number of thioether (sulfide) groups is 2. The standard InChI is InChI=1S/C20H20N2OS3/c1-4-22-15-13-14(2)11-12-16(15)25-18(22)10-8-6-5-7-9-17-19(23)21(3)20(24)26-17/h5-13H,4H2,1-3H3/b7-5+,8-6+,17-9+,18-10-. The van der Waals surface area contributed by atoms with Crippen molar-refractivity contribution in [2.24, 2.45) is 0 Å². The van der Waals surface area contributed by atoms with Gasteiger partial charge in [0.05, 0.1) is 15.6 Å². The highest BCUT2D eigenvalue weighted by Crippen LogP contribution is 2.46. The Hall–Kier alpha value is -1.76. The van der Waals surface area contributed by atoms with Gasteiger partial charge in [-0.15, -0.1) is 0 Å². The summed E-state index contributed by atoms with van der Waals surface area (Å²) in [6.45, 7) is 5.23. The Morgan fingerprint density at radius 2 is 1.85 bits per heavy atom. The van der Waals surface area contributed by atoms with Crippen molar-refractivity contribution in [2.75, 3.05) is 18.5 Å². The largest absolute Gasteiger partial charge is 0.335 e. The van der Waals surface area contributed by atoms with E-state index in [0.717, 1.165) is 6.54 Å². The first-order chi connectivity index (χ1) is 12.5. The van der Waals surface area contributed by atoms with Gasteiger partial charge in [0.25, 0.3) is 5.91 Å². The molecule has 0 N–H and O–H groups in total. The van der Waals surface area contributed by atoms with E-state index in [2.05, 4.69) is 43.0 Å². The van der Waals surface area contributed by atoms with E-state index in [0.29, 0.717) is 9.23 Å². The van der Waals surface area contributed by atoms with E-state index < -0.39 is 0 Å². The molecule has 134 valence electrons. The number of rotatable bonds is 4. The van der Waals surface area contributed by atoms with E-state index in [1.54, 1.807) is 18.8 Å². The van der Waals surface area contributed by atoms with Crippen LogP contribution in [0, 0.1) is 6.92 Å². The SMILES string of the molecule is CCN1/C(=C/C=C/C=C/C=C2/SC(=S)N(C)C2=O)Sc2ccc(C)cc21. The Balaban J connectivity index is 1.65. The van der Waals surface area contributed by atoms with Crippen molar-refractivity contribution in [2.45, 2.75) is 18.7 Å². The average molecular weight is 401 g/mol. The predicted molar refractivity (Wildman–Crippen MR) is 117 cm³/mol. The summed E-state index contributed by atoms with van der Waals surface area (Å²) in [5.74, 6) is -0.0373. The van der Waals surface area contributed by atoms with Gasteiger partial charge in [-0.05, 0) is 43.7 Å². The van der Waals surface area contributed by atoms with Crippen LogP contribution < -0.4 is 4.90 Å². The quantitative estimate of drug-likeness (QED) is 0.390. The second-order valence-electron chi connectivity index (χ2n) is 5.86. The smallest absolute Gasteiger partial charge is 0.265 e. The molecule has 0 saturated carbocycles. The molecule has 1 saturated heterocycles. The van der Waals surface area contributed by atoms with Gasteiger partial charge in [-0.2, -0.15) is 0 Å². The van der Waals surface area contributed by atoms with E-state index in [-0.39, 0.29) is 5.91 Å². The summed E-state index contributed by atoms with van der Waals surface area (Å²) in [5, 5.41) is 1.23. The maximum Gasteiger partial charge on any atom is 0.265 e. The van der Waals surface area contributed by atoms with Crippen LogP contribution in [-0.4, -0.2) is 28.7 Å². The lowest BCUT2D eigenvalue weighted by atomic mass is 10.2. The number of benzene rings is 1. The third kappa shape index (κ3) is 3.98. The topological polar surface area (TPSA) is 23.6 Å². The number of amides is 1. The van der Waals surface area contributed by atoms with Crippen molar-refractivity contribution in [3.05, 3.63) is 70.2 Å². The maximum absolute atomic E-state index is 11.9. The number of carbonyl (C=O) groups excluding carboxylic acids is 1. The molecule has 3 rings (SSSR count). The minimum Gasteiger partial charge on any atom is -0.335 e. The van der Waals surface area contributed by atoms with E-state index in [1.807, 2.05) is 30.4 Å². The first-order valence-electron chi connectivity index (χ1n) is 8.32. The predicted octanol–water partition coefficient (Wildman–Crippen LogP) is 5.25. The Labute approximate surface area is 168 Å². The molecule has 6 heteroatoms. The van der Waals surface area contributed by atoms with E-state index >= 15 is 0 Å². The highest BCUT2D eigenvalue weighted by molar-refractivity contribution is 8.26. The van der Waals surface area contributed by atoms with Gasteiger partial charge < -0.3 is 4.90 Å². The van der Waals surface area contributed by atoms with Gasteiger partial charge in [0, 0.05) is 18.5 Å². The molecule has 2 aliphatic heterocycles. The lowest BCUT2D eigenvalue weighted by Crippen LogP contribution is -2.22. The lowest BCUT2D eigenvalue weighted by molar-refractivity contribution is -0.121. The van der Waals surface area contributed by atoms with Crippen LogP contribution in [0.25, 0.3) is 0 Å². The molecule has 0 atom stereocenters. The molecule has 0 unspecified atom stereocenters. The van der Waals surface area contributed by atoms with Gasteiger partial charge in [-0.1, -0.05) is 66.1 Å². The average Bonchev–Trinajstić information content (AvgIpc) is 3.09. The monoisotopic (exact) mass is 400 g/mol. The first kappa shape index (κ1) is 19.0. The molecule has 3 nitrogen and oxygen atoms in total. The molecule has 0 bridgehead atoms. The number of likely N-dealkylation sites (N-methyl/N-ethyl adjacent to an activating group) is 1. The Morgan fingerprint density at radius 3 is 2.50 bits per heavy atom. The van der Waals surface area contributed by atoms with Crippen LogP contribution in [0.3, 0.4) is 0 Å². The molecular formula is C20H20N2OS3. The zero-order chi connectivity index (χ0) is 18.7. The molecule has 2 heterocycles. The Bertz CT molecular complexity index is 868. The van der Waals surface area contributed by atoms with Crippen LogP contribution in [-0.2, 0) is 4.79 Å². The van der Waals surface area contributed by atoms with E-state index in [1.165, 1.54) is 37.8 Å². The van der Waals surface area contributed by atoms with Gasteiger partial charge in [0.1, 0.15) is 4.32 Å². The fourth-order valence-electron chi connectivity index (χ4n) is 2.63. The number of allylic oxidation sites excluding steroid dienone is 6. The van der Waals surface area contributed by atoms with Gasteiger partial charge >= 0.3 is 0 Å². The lowest BCUT2D eigenvalue weighted by Gasteiger charge is -2.17. The molecule has 0 radical (unpaired) electrons. The summed E-state index contributed by atoms with van der Waals surface area (Å²) >= 11 is 8.24. The van der Waals surface area contributed by atoms with Crippen molar-refractivity contribution < 1.29 is 4.79 Å². The third-order valence-corrected chi connectivity index (χ3v) is 6.64. The number of carbonyl (C=O) groups is 1. The summed E-state index contributed by atoms with van der Waals surface area (Å²) in [6, 6.07) is 6.58. The highest BCUT2D eigenvalue weighted by Gasteiger charge is 2.28. The zero-order valence-corrected chi connectivity index (χ0v) is 17.4. The third-order valence-electron chi connectivity index (χ3n) is 4.01. The van der Waals surface area contributed by atoms with Crippen molar-refractivity contribution >= 4 is 51.7 Å². The van der Waals surface area contributed by atoms with Crippen molar-refractivity contribution in [1.82, 2.24) is 4.90 Å². The Kier molecular flexibility index (Phi) is 6.06. The second-order valence-corrected chi connectivity index (χ2v) is 8.59. The number of thiocarbonyl (C=S) groups is 1. The second kappa shape index (κ2) is 8.29. The van der Waals surface area contributed by atoms with Crippen LogP contribution in [0.5, 0.6) is 0 Å². The fraction of sp³-hybridized carbons (Fsp3) is 0.200. The number of anilines is 1. The van der Waals surface area contributed by atoms with Gasteiger partial charge in [-0.25, -0.2) is 0 Å². The molecule has 2 aliphatic rings. The van der Waals surface area contributed by atoms with Crippen molar-refractivity contribution in [3.8, 4) is 0 Å². The highest BCUT2D eigenvalue weighted by atomic mass is 32.2. The van der Waals surface area contributed by atoms with Gasteiger partial charge in [-0.3, -0.25) is 9.69 Å². The first-order valence-corrected chi connectivity index (χ1v) is 10.4. The van der Waals surface area contributed by atoms with Crippen LogP contribution in [0.1, 0.15) is 12.5 Å². The molecular weight excluding hydrogens is 380 g/mol. The van der Waals surface area contributed by atoms with Gasteiger partial charge in [0.2, 0.25) is 0 Å². The maximum atomic E-state index is 11.9. The van der Waals surface area contributed by atoms with Crippen LogP contribution >= 0.6 is 35.7 Å². The summed E-state index contributed by atoms with van der Waals surface area (Å²) in [5.41, 5.74) is 2.56. The molecule has 0 aromatic heterocycles. The molecule has 0 spiro atoms. The fourth-order valence-corrected chi connectivity index (χ4v) is 4.88. The molecule has 1 amide bonds. The number of hydrogen-bond acceptors (Lipinski definition) is 5. The molecule has 0 aliphatic carbocycles. The van der Waals surface area contributed by atoms with Crippen molar-refractivity contribution in [3.63, 3.8) is 0 Å². The molecule has 1 fully saturated rings. The van der Waals surface area contributed by atoms with Gasteiger partial charge in [0.15, 0.2) is 0 Å². The molecule has 26 heavy (non-hydrogen) atoms. The summed E-state index contributed by atoms with van der Waals surface area (Å²) in [4.78, 5) is 17.7. The summed E-state index contributed by atoms with van der Waals surface area (Å²) in [6.07, 6.45) is 11.7. The van der Waals surface area contributed by atoms with Crippen molar-refractivity contribution in [1.29, 1.82) is 0 Å². The minimum atomic E-state index is -0.0373. The van der Waals surface area contributed by atoms with Crippen LogP contribution in [0.4, 0.5) is 5.69 Å². The Morgan fingerprint density at radius 1 is 1.12 bits per heavy atom. The normalized spacial score (nSPS) is 20.6. The number of fused-ring (bicyclic) bond motifs is 1. The summed E-state index contributed by atoms with van der Waals surface area (Å²) in [7, 11) is 1.70. The minimum absolute atomic E-state index is 0.0373.